The van der Waals surface area contributed by atoms with Crippen molar-refractivity contribution in [1.82, 2.24) is 14.6 Å². The molecule has 1 aromatic carbocycles. The molecule has 32 heavy (non-hydrogen) atoms. The van der Waals surface area contributed by atoms with Gasteiger partial charge in [-0.2, -0.15) is 0 Å². The molecule has 1 aromatic heterocycles. The first-order valence-electron chi connectivity index (χ1n) is 10.2. The number of sulfonamides is 1. The maximum absolute atomic E-state index is 12.3. The van der Waals surface area contributed by atoms with E-state index in [4.69, 9.17) is 4.74 Å². The van der Waals surface area contributed by atoms with Crippen LogP contribution in [0.5, 0.6) is 0 Å². The van der Waals surface area contributed by atoms with Gasteiger partial charge in [-0.25, -0.2) is 18.1 Å². The topological polar surface area (TPSA) is 109 Å². The third kappa shape index (κ3) is 7.17. The predicted octanol–water partition coefficient (Wildman–Crippen LogP) is 1.17. The second kappa shape index (κ2) is 10.9. The molecule has 0 atom stereocenters. The van der Waals surface area contributed by atoms with Gasteiger partial charge in [0.05, 0.1) is 0 Å². The molecular weight excluding hydrogens is 432 g/mol. The van der Waals surface area contributed by atoms with Crippen LogP contribution in [0.1, 0.15) is 11.1 Å². The van der Waals surface area contributed by atoms with E-state index in [1.807, 2.05) is 37.3 Å². The molecule has 1 aliphatic heterocycles. The van der Waals surface area contributed by atoms with Gasteiger partial charge in [0.2, 0.25) is 10.0 Å². The van der Waals surface area contributed by atoms with Crippen molar-refractivity contribution in [1.29, 1.82) is 0 Å². The van der Waals surface area contributed by atoms with Gasteiger partial charge in [-0.15, -0.1) is 0 Å². The van der Waals surface area contributed by atoms with Gasteiger partial charge in [-0.05, 0) is 30.7 Å². The number of nitrogens with one attached hydrogen (secondary N) is 1. The summed E-state index contributed by atoms with van der Waals surface area (Å²) in [5, 5.41) is 0.983. The molecule has 0 saturated carbocycles. The SMILES string of the molecule is Cc1ccc(/C=C/S(=O)(=O)NCC(=O)OCC(=O)N2CCN(c3ccccn3)CC2)cc1. The third-order valence-corrected chi connectivity index (χ3v) is 5.94. The van der Waals surface area contributed by atoms with E-state index < -0.39 is 29.1 Å². The molecule has 1 amide bonds. The minimum atomic E-state index is -3.81. The molecule has 0 aliphatic carbocycles. The Hall–Kier alpha value is -3.24. The molecular formula is C22H26N4O5S. The van der Waals surface area contributed by atoms with Crippen LogP contribution in [0.2, 0.25) is 0 Å². The number of aromatic nitrogens is 1. The van der Waals surface area contributed by atoms with E-state index in [2.05, 4.69) is 14.6 Å². The Kier molecular flexibility index (Phi) is 7.96. The van der Waals surface area contributed by atoms with Gasteiger partial charge in [0.25, 0.3) is 5.91 Å². The van der Waals surface area contributed by atoms with Gasteiger partial charge in [0.1, 0.15) is 12.4 Å². The molecule has 0 unspecified atom stereocenters. The molecule has 1 aliphatic rings. The fourth-order valence-corrected chi connectivity index (χ4v) is 3.82. The van der Waals surface area contributed by atoms with Crippen LogP contribution in [0.4, 0.5) is 5.82 Å². The predicted molar refractivity (Wildman–Crippen MR) is 121 cm³/mol. The molecule has 3 rings (SSSR count). The van der Waals surface area contributed by atoms with Crippen LogP contribution in [0.25, 0.3) is 6.08 Å². The smallest absolute Gasteiger partial charge is 0.321 e. The summed E-state index contributed by atoms with van der Waals surface area (Å²) in [5.74, 6) is -0.284. The summed E-state index contributed by atoms with van der Waals surface area (Å²) in [4.78, 5) is 32.1. The molecule has 0 spiro atoms. The maximum Gasteiger partial charge on any atom is 0.321 e. The second-order valence-electron chi connectivity index (χ2n) is 7.30. The normalized spacial score (nSPS) is 14.5. The van der Waals surface area contributed by atoms with Gasteiger partial charge >= 0.3 is 5.97 Å². The average Bonchev–Trinajstić information content (AvgIpc) is 2.81. The quantitative estimate of drug-likeness (QED) is 0.592. The lowest BCUT2D eigenvalue weighted by molar-refractivity contribution is -0.151. The van der Waals surface area contributed by atoms with Gasteiger partial charge in [0.15, 0.2) is 6.61 Å². The van der Waals surface area contributed by atoms with Crippen LogP contribution < -0.4 is 9.62 Å². The lowest BCUT2D eigenvalue weighted by Gasteiger charge is -2.35. The summed E-state index contributed by atoms with van der Waals surface area (Å²) in [5.41, 5.74) is 1.78. The molecule has 170 valence electrons. The summed E-state index contributed by atoms with van der Waals surface area (Å²) in [6.45, 7) is 3.19. The van der Waals surface area contributed by atoms with E-state index in [1.54, 1.807) is 23.2 Å². The number of hydrogen-bond donors (Lipinski definition) is 1. The molecule has 2 heterocycles. The van der Waals surface area contributed by atoms with Crippen molar-refractivity contribution in [2.75, 3.05) is 44.2 Å². The van der Waals surface area contributed by atoms with Crippen molar-refractivity contribution in [2.45, 2.75) is 6.92 Å². The number of ether oxygens (including phenoxy) is 1. The average molecular weight is 459 g/mol. The van der Waals surface area contributed by atoms with E-state index in [1.165, 1.54) is 6.08 Å². The van der Waals surface area contributed by atoms with Crippen LogP contribution in [-0.2, 0) is 24.3 Å². The van der Waals surface area contributed by atoms with Gasteiger partial charge in [-0.1, -0.05) is 35.9 Å². The van der Waals surface area contributed by atoms with Gasteiger partial charge in [0, 0.05) is 37.8 Å². The summed E-state index contributed by atoms with van der Waals surface area (Å²) >= 11 is 0. The Morgan fingerprint density at radius 1 is 1.09 bits per heavy atom. The van der Waals surface area contributed by atoms with Crippen molar-refractivity contribution in [3.05, 3.63) is 65.2 Å². The number of benzene rings is 1. The highest BCUT2D eigenvalue weighted by molar-refractivity contribution is 7.92. The Morgan fingerprint density at radius 2 is 1.81 bits per heavy atom. The van der Waals surface area contributed by atoms with Crippen LogP contribution in [0, 0.1) is 6.92 Å². The molecule has 1 saturated heterocycles. The first kappa shape index (κ1) is 23.4. The van der Waals surface area contributed by atoms with E-state index in [9.17, 15) is 18.0 Å². The summed E-state index contributed by atoms with van der Waals surface area (Å²) in [7, 11) is -3.81. The molecule has 2 aromatic rings. The molecule has 1 fully saturated rings. The number of amides is 1. The fourth-order valence-electron chi connectivity index (χ4n) is 3.06. The third-order valence-electron chi connectivity index (χ3n) is 4.90. The molecule has 0 bridgehead atoms. The molecule has 10 heteroatoms. The number of aryl methyl sites for hydroxylation is 1. The second-order valence-corrected chi connectivity index (χ2v) is 8.95. The zero-order valence-corrected chi connectivity index (χ0v) is 18.6. The van der Waals surface area contributed by atoms with E-state index in [-0.39, 0.29) is 5.91 Å². The van der Waals surface area contributed by atoms with Crippen molar-refractivity contribution < 1.29 is 22.7 Å². The summed E-state index contributed by atoms with van der Waals surface area (Å²) in [6.07, 6.45) is 3.15. The fraction of sp³-hybridized carbons (Fsp3) is 0.318. The van der Waals surface area contributed by atoms with Crippen LogP contribution in [-0.4, -0.2) is 69.5 Å². The Morgan fingerprint density at radius 3 is 2.47 bits per heavy atom. The number of esters is 1. The number of hydrogen-bond acceptors (Lipinski definition) is 7. The standard InChI is InChI=1S/C22H26N4O5S/c1-18-5-7-19(8-6-18)9-15-32(29,30)24-16-22(28)31-17-21(27)26-13-11-25(12-14-26)20-4-2-3-10-23-20/h2-10,15,24H,11-14,16-17H2,1H3/b15-9+. The lowest BCUT2D eigenvalue weighted by Crippen LogP contribution is -2.50. The first-order valence-corrected chi connectivity index (χ1v) is 11.7. The minimum absolute atomic E-state index is 0.318. The van der Waals surface area contributed by atoms with Crippen LogP contribution >= 0.6 is 0 Å². The molecule has 0 radical (unpaired) electrons. The van der Waals surface area contributed by atoms with E-state index in [0.29, 0.717) is 26.2 Å². The maximum atomic E-state index is 12.3. The highest BCUT2D eigenvalue weighted by atomic mass is 32.2. The van der Waals surface area contributed by atoms with Gasteiger partial charge in [-0.3, -0.25) is 9.59 Å². The highest BCUT2D eigenvalue weighted by Gasteiger charge is 2.22. The lowest BCUT2D eigenvalue weighted by atomic mass is 10.2. The van der Waals surface area contributed by atoms with Crippen LogP contribution in [0.3, 0.4) is 0 Å². The Balaban J connectivity index is 1.38. The number of pyridine rings is 1. The summed E-state index contributed by atoms with van der Waals surface area (Å²) < 4.78 is 31.1. The highest BCUT2D eigenvalue weighted by Crippen LogP contribution is 2.12. The number of anilines is 1. The minimum Gasteiger partial charge on any atom is -0.455 e. The number of carbonyl (C=O) groups excluding carboxylic acids is 2. The van der Waals surface area contributed by atoms with Crippen LogP contribution in [0.15, 0.2) is 54.1 Å². The Bertz CT molecular complexity index is 1050. The number of piperazine rings is 1. The summed E-state index contributed by atoms with van der Waals surface area (Å²) in [6, 6.07) is 13.0. The van der Waals surface area contributed by atoms with Gasteiger partial charge < -0.3 is 14.5 Å². The van der Waals surface area contributed by atoms with Crippen molar-refractivity contribution >= 4 is 33.8 Å². The molecule has 1 N–H and O–H groups in total. The molecule has 9 nitrogen and oxygen atoms in total. The van der Waals surface area contributed by atoms with Crippen molar-refractivity contribution in [2.24, 2.45) is 0 Å². The number of rotatable bonds is 8. The van der Waals surface area contributed by atoms with Crippen molar-refractivity contribution in [3.8, 4) is 0 Å². The zero-order valence-electron chi connectivity index (χ0n) is 17.8. The van der Waals surface area contributed by atoms with Crippen molar-refractivity contribution in [3.63, 3.8) is 0 Å². The monoisotopic (exact) mass is 458 g/mol. The Labute approximate surface area is 187 Å². The van der Waals surface area contributed by atoms with E-state index in [0.717, 1.165) is 22.4 Å². The largest absolute Gasteiger partial charge is 0.455 e. The van der Waals surface area contributed by atoms with E-state index >= 15 is 0 Å². The first-order chi connectivity index (χ1) is 15.3. The zero-order chi connectivity index (χ0) is 23.0. The number of carbonyl (C=O) groups is 2. The number of nitrogens with zero attached hydrogens (tertiary/aromatic N) is 3.